The smallest absolute Gasteiger partial charge is 0.255 e. The molecular weight excluding hydrogens is 394 g/mol. The summed E-state index contributed by atoms with van der Waals surface area (Å²) in [6, 6.07) is 23.8. The second-order valence-electron chi connectivity index (χ2n) is 7.27. The van der Waals surface area contributed by atoms with E-state index in [9.17, 15) is 4.79 Å². The van der Waals surface area contributed by atoms with E-state index in [-0.39, 0.29) is 11.3 Å². The van der Waals surface area contributed by atoms with Gasteiger partial charge in [0, 0.05) is 17.9 Å². The van der Waals surface area contributed by atoms with E-state index in [2.05, 4.69) is 0 Å². The van der Waals surface area contributed by atoms with E-state index in [4.69, 9.17) is 9.47 Å². The number of aryl methyl sites for hydroxylation is 1. The molecule has 5 heteroatoms. The highest BCUT2D eigenvalue weighted by molar-refractivity contribution is 7.99. The number of hydrogen-bond donors (Lipinski definition) is 0. The zero-order valence-electron chi connectivity index (χ0n) is 17.2. The highest BCUT2D eigenvalue weighted by atomic mass is 32.2. The van der Waals surface area contributed by atoms with Crippen molar-refractivity contribution in [3.8, 4) is 11.5 Å². The summed E-state index contributed by atoms with van der Waals surface area (Å²) in [7, 11) is 1.64. The Morgan fingerprint density at radius 1 is 1.03 bits per heavy atom. The van der Waals surface area contributed by atoms with Crippen LogP contribution in [0.3, 0.4) is 0 Å². The Morgan fingerprint density at radius 2 is 1.80 bits per heavy atom. The van der Waals surface area contributed by atoms with E-state index < -0.39 is 0 Å². The van der Waals surface area contributed by atoms with Crippen LogP contribution in [0.25, 0.3) is 0 Å². The van der Waals surface area contributed by atoms with Crippen LogP contribution in [0, 0.1) is 6.92 Å². The summed E-state index contributed by atoms with van der Waals surface area (Å²) in [5.74, 6) is 2.35. The van der Waals surface area contributed by atoms with Gasteiger partial charge in [0.05, 0.1) is 7.11 Å². The maximum Gasteiger partial charge on any atom is 0.255 e. The number of benzene rings is 3. The predicted octanol–water partition coefficient (Wildman–Crippen LogP) is 5.47. The molecule has 0 aliphatic carbocycles. The van der Waals surface area contributed by atoms with Crippen molar-refractivity contribution in [1.29, 1.82) is 0 Å². The van der Waals surface area contributed by atoms with Crippen molar-refractivity contribution in [3.63, 3.8) is 0 Å². The summed E-state index contributed by atoms with van der Waals surface area (Å²) < 4.78 is 11.6. The molecule has 1 atom stereocenters. The van der Waals surface area contributed by atoms with Gasteiger partial charge < -0.3 is 14.4 Å². The number of carbonyl (C=O) groups excluding carboxylic acids is 1. The van der Waals surface area contributed by atoms with Gasteiger partial charge in [-0.15, -0.1) is 11.8 Å². The van der Waals surface area contributed by atoms with Crippen molar-refractivity contribution in [2.24, 2.45) is 0 Å². The van der Waals surface area contributed by atoms with E-state index in [1.807, 2.05) is 84.6 Å². The van der Waals surface area contributed by atoms with Gasteiger partial charge in [0.2, 0.25) is 0 Å². The van der Waals surface area contributed by atoms with Crippen molar-refractivity contribution in [2.45, 2.75) is 18.9 Å². The largest absolute Gasteiger partial charge is 0.493 e. The first-order valence-corrected chi connectivity index (χ1v) is 11.0. The van der Waals surface area contributed by atoms with E-state index in [0.717, 1.165) is 34.6 Å². The zero-order valence-corrected chi connectivity index (χ0v) is 18.0. The molecule has 3 aromatic rings. The predicted molar refractivity (Wildman–Crippen MR) is 121 cm³/mol. The fraction of sp³-hybridized carbons (Fsp3) is 0.240. The Balaban J connectivity index is 1.56. The summed E-state index contributed by atoms with van der Waals surface area (Å²) >= 11 is 1.78. The topological polar surface area (TPSA) is 38.8 Å². The summed E-state index contributed by atoms with van der Waals surface area (Å²) in [4.78, 5) is 15.1. The highest BCUT2D eigenvalue weighted by Gasteiger charge is 2.31. The van der Waals surface area contributed by atoms with Gasteiger partial charge in [-0.05, 0) is 42.3 Å². The Labute approximate surface area is 181 Å². The number of methoxy groups -OCH3 is 1. The van der Waals surface area contributed by atoms with Crippen molar-refractivity contribution >= 4 is 17.7 Å². The van der Waals surface area contributed by atoms with Gasteiger partial charge in [-0.2, -0.15) is 0 Å². The van der Waals surface area contributed by atoms with E-state index >= 15 is 0 Å². The molecule has 4 nitrogen and oxygen atoms in total. The van der Waals surface area contributed by atoms with Gasteiger partial charge in [-0.1, -0.05) is 54.1 Å². The van der Waals surface area contributed by atoms with Crippen molar-refractivity contribution < 1.29 is 14.3 Å². The maximum atomic E-state index is 13.1. The first-order valence-electron chi connectivity index (χ1n) is 9.99. The standard InChI is InChI=1S/C25H25NO3S/c1-18-8-10-20(11-9-18)24(27)26-14-15-30-25(26)21-12-13-22(28-2)23(16-21)29-17-19-6-4-3-5-7-19/h3-13,16,25H,14-15,17H2,1-2H3/t25-/m1/s1. The van der Waals surface area contributed by atoms with Gasteiger partial charge in [0.25, 0.3) is 5.91 Å². The molecule has 0 radical (unpaired) electrons. The third kappa shape index (κ3) is 4.46. The van der Waals surface area contributed by atoms with Gasteiger partial charge in [0.15, 0.2) is 11.5 Å². The number of nitrogens with zero attached hydrogens (tertiary/aromatic N) is 1. The quantitative estimate of drug-likeness (QED) is 0.531. The van der Waals surface area contributed by atoms with Crippen LogP contribution in [0.4, 0.5) is 0 Å². The van der Waals surface area contributed by atoms with Gasteiger partial charge in [0.1, 0.15) is 12.0 Å². The van der Waals surface area contributed by atoms with Crippen LogP contribution in [0.15, 0.2) is 72.8 Å². The fourth-order valence-electron chi connectivity index (χ4n) is 3.51. The summed E-state index contributed by atoms with van der Waals surface area (Å²) in [6.45, 7) is 3.22. The fourth-order valence-corrected chi connectivity index (χ4v) is 4.76. The summed E-state index contributed by atoms with van der Waals surface area (Å²) in [5, 5.41) is -0.0382. The minimum absolute atomic E-state index is 0.0382. The molecule has 30 heavy (non-hydrogen) atoms. The molecule has 154 valence electrons. The minimum Gasteiger partial charge on any atom is -0.493 e. The number of amides is 1. The molecule has 1 aliphatic heterocycles. The summed E-state index contributed by atoms with van der Waals surface area (Å²) in [6.07, 6.45) is 0. The first-order chi connectivity index (χ1) is 14.7. The van der Waals surface area contributed by atoms with E-state index in [1.165, 1.54) is 0 Å². The zero-order chi connectivity index (χ0) is 20.9. The highest BCUT2D eigenvalue weighted by Crippen LogP contribution is 2.41. The maximum absolute atomic E-state index is 13.1. The molecule has 0 spiro atoms. The Bertz CT molecular complexity index is 1000. The normalized spacial score (nSPS) is 15.8. The van der Waals surface area contributed by atoms with Crippen LogP contribution in [0.5, 0.6) is 11.5 Å². The van der Waals surface area contributed by atoms with E-state index in [0.29, 0.717) is 18.1 Å². The second-order valence-corrected chi connectivity index (χ2v) is 8.46. The lowest BCUT2D eigenvalue weighted by Gasteiger charge is -2.25. The van der Waals surface area contributed by atoms with Crippen molar-refractivity contribution in [3.05, 3.63) is 95.1 Å². The SMILES string of the molecule is COc1ccc([C@H]2SCCN2C(=O)c2ccc(C)cc2)cc1OCc1ccccc1. The molecule has 1 saturated heterocycles. The molecule has 1 heterocycles. The summed E-state index contributed by atoms with van der Waals surface area (Å²) in [5.41, 5.74) is 4.01. The lowest BCUT2D eigenvalue weighted by atomic mass is 10.1. The molecule has 0 N–H and O–H groups in total. The average molecular weight is 420 g/mol. The van der Waals surface area contributed by atoms with Crippen LogP contribution < -0.4 is 9.47 Å². The molecule has 1 aliphatic rings. The van der Waals surface area contributed by atoms with Gasteiger partial charge in [-0.25, -0.2) is 0 Å². The minimum atomic E-state index is -0.0382. The monoisotopic (exact) mass is 419 g/mol. The molecule has 0 saturated carbocycles. The van der Waals surface area contributed by atoms with Crippen LogP contribution in [0.2, 0.25) is 0 Å². The average Bonchev–Trinajstić information content (AvgIpc) is 3.28. The molecule has 0 aromatic heterocycles. The van der Waals surface area contributed by atoms with Crippen LogP contribution >= 0.6 is 11.8 Å². The molecule has 4 rings (SSSR count). The second kappa shape index (κ2) is 9.26. The number of ether oxygens (including phenoxy) is 2. The molecule has 1 fully saturated rings. The molecule has 3 aromatic carbocycles. The van der Waals surface area contributed by atoms with Crippen molar-refractivity contribution in [2.75, 3.05) is 19.4 Å². The van der Waals surface area contributed by atoms with Gasteiger partial charge >= 0.3 is 0 Å². The lowest BCUT2D eigenvalue weighted by molar-refractivity contribution is 0.0760. The molecule has 0 unspecified atom stereocenters. The Hall–Kier alpha value is -2.92. The lowest BCUT2D eigenvalue weighted by Crippen LogP contribution is -2.30. The van der Waals surface area contributed by atoms with Crippen LogP contribution in [0.1, 0.15) is 32.4 Å². The number of thioether (sulfide) groups is 1. The van der Waals surface area contributed by atoms with Crippen LogP contribution in [-0.2, 0) is 6.61 Å². The Morgan fingerprint density at radius 3 is 2.53 bits per heavy atom. The first kappa shape index (κ1) is 20.4. The van der Waals surface area contributed by atoms with Gasteiger partial charge in [-0.3, -0.25) is 4.79 Å². The third-order valence-electron chi connectivity index (χ3n) is 5.16. The third-order valence-corrected chi connectivity index (χ3v) is 6.42. The molecule has 0 bridgehead atoms. The molecule has 1 amide bonds. The number of hydrogen-bond acceptors (Lipinski definition) is 4. The number of rotatable bonds is 6. The Kier molecular flexibility index (Phi) is 6.29. The van der Waals surface area contributed by atoms with Crippen LogP contribution in [-0.4, -0.2) is 30.2 Å². The van der Waals surface area contributed by atoms with E-state index in [1.54, 1.807) is 18.9 Å². The van der Waals surface area contributed by atoms with Crippen molar-refractivity contribution in [1.82, 2.24) is 4.90 Å². The molecular formula is C25H25NO3S. The number of carbonyl (C=O) groups is 1.